The Morgan fingerprint density at radius 2 is 2.12 bits per heavy atom. The molecule has 1 aromatic rings. The summed E-state index contributed by atoms with van der Waals surface area (Å²) in [6, 6.07) is 2.58. The summed E-state index contributed by atoms with van der Waals surface area (Å²) in [7, 11) is 0. The first-order chi connectivity index (χ1) is 7.78. The Morgan fingerprint density at radius 1 is 1.38 bits per heavy atom. The van der Waals surface area contributed by atoms with Crippen molar-refractivity contribution < 1.29 is 0 Å². The SMILES string of the molecule is Cc1nc(NCCCN)cc(NC2CC2)n1. The van der Waals surface area contributed by atoms with Gasteiger partial charge < -0.3 is 16.4 Å². The molecule has 0 amide bonds. The normalized spacial score (nSPS) is 14.9. The van der Waals surface area contributed by atoms with E-state index in [9.17, 15) is 0 Å². The van der Waals surface area contributed by atoms with Gasteiger partial charge >= 0.3 is 0 Å². The standard InChI is InChI=1S/C11H19N5/c1-8-14-10(13-6-2-5-12)7-11(15-8)16-9-3-4-9/h7,9H,2-6,12H2,1H3,(H2,13,14,15,16). The summed E-state index contributed by atoms with van der Waals surface area (Å²) in [6.07, 6.45) is 3.45. The summed E-state index contributed by atoms with van der Waals surface area (Å²) in [4.78, 5) is 8.69. The lowest BCUT2D eigenvalue weighted by molar-refractivity contribution is 0.866. The van der Waals surface area contributed by atoms with Crippen LogP contribution in [0.25, 0.3) is 0 Å². The van der Waals surface area contributed by atoms with E-state index in [-0.39, 0.29) is 0 Å². The number of hydrogen-bond donors (Lipinski definition) is 3. The van der Waals surface area contributed by atoms with Crippen LogP contribution in [0.1, 0.15) is 25.1 Å². The van der Waals surface area contributed by atoms with Crippen molar-refractivity contribution in [3.8, 4) is 0 Å². The van der Waals surface area contributed by atoms with Gasteiger partial charge in [-0.3, -0.25) is 0 Å². The van der Waals surface area contributed by atoms with Crippen molar-refractivity contribution in [3.63, 3.8) is 0 Å². The van der Waals surface area contributed by atoms with Crippen LogP contribution in [0.15, 0.2) is 6.07 Å². The first kappa shape index (κ1) is 11.1. The van der Waals surface area contributed by atoms with Crippen LogP contribution in [-0.4, -0.2) is 29.1 Å². The van der Waals surface area contributed by atoms with Crippen LogP contribution in [0.4, 0.5) is 11.6 Å². The second-order valence-electron chi connectivity index (χ2n) is 4.17. The molecule has 1 aromatic heterocycles. The van der Waals surface area contributed by atoms with E-state index < -0.39 is 0 Å². The largest absolute Gasteiger partial charge is 0.370 e. The Morgan fingerprint density at radius 3 is 2.81 bits per heavy atom. The maximum Gasteiger partial charge on any atom is 0.132 e. The third-order valence-electron chi connectivity index (χ3n) is 2.45. The molecule has 0 aromatic carbocycles. The number of nitrogens with zero attached hydrogens (tertiary/aromatic N) is 2. The van der Waals surface area contributed by atoms with Gasteiger partial charge in [-0.2, -0.15) is 0 Å². The maximum atomic E-state index is 5.44. The van der Waals surface area contributed by atoms with Gasteiger partial charge in [0.25, 0.3) is 0 Å². The average molecular weight is 221 g/mol. The van der Waals surface area contributed by atoms with Crippen LogP contribution in [0, 0.1) is 6.92 Å². The van der Waals surface area contributed by atoms with E-state index in [4.69, 9.17) is 5.73 Å². The molecule has 16 heavy (non-hydrogen) atoms. The van der Waals surface area contributed by atoms with Crippen molar-refractivity contribution >= 4 is 11.6 Å². The fraction of sp³-hybridized carbons (Fsp3) is 0.636. The lowest BCUT2D eigenvalue weighted by Gasteiger charge is -2.09. The highest BCUT2D eigenvalue weighted by Gasteiger charge is 2.21. The number of hydrogen-bond acceptors (Lipinski definition) is 5. The molecule has 1 heterocycles. The molecule has 4 N–H and O–H groups in total. The van der Waals surface area contributed by atoms with E-state index in [2.05, 4.69) is 20.6 Å². The third-order valence-corrected chi connectivity index (χ3v) is 2.45. The van der Waals surface area contributed by atoms with Gasteiger partial charge in [-0.05, 0) is 32.7 Å². The van der Waals surface area contributed by atoms with Crippen molar-refractivity contribution in [1.29, 1.82) is 0 Å². The zero-order chi connectivity index (χ0) is 11.4. The minimum absolute atomic E-state index is 0.617. The molecular formula is C11H19N5. The summed E-state index contributed by atoms with van der Waals surface area (Å²) in [5, 5.41) is 6.62. The monoisotopic (exact) mass is 221 g/mol. The molecule has 0 unspecified atom stereocenters. The number of nitrogens with two attached hydrogens (primary N) is 1. The molecule has 0 aliphatic heterocycles. The quantitative estimate of drug-likeness (QED) is 0.628. The molecule has 88 valence electrons. The highest BCUT2D eigenvalue weighted by Crippen LogP contribution is 2.24. The second kappa shape index (κ2) is 5.12. The molecule has 0 saturated heterocycles. The van der Waals surface area contributed by atoms with Crippen molar-refractivity contribution in [2.45, 2.75) is 32.2 Å². The Hall–Kier alpha value is -1.36. The van der Waals surface area contributed by atoms with Crippen molar-refractivity contribution in [2.75, 3.05) is 23.7 Å². The van der Waals surface area contributed by atoms with E-state index in [1.54, 1.807) is 0 Å². The Bertz CT molecular complexity index is 348. The minimum atomic E-state index is 0.617. The van der Waals surface area contributed by atoms with E-state index in [1.807, 2.05) is 13.0 Å². The molecule has 2 rings (SSSR count). The molecule has 1 aliphatic carbocycles. The van der Waals surface area contributed by atoms with Crippen molar-refractivity contribution in [3.05, 3.63) is 11.9 Å². The molecule has 0 radical (unpaired) electrons. The topological polar surface area (TPSA) is 75.9 Å². The Labute approximate surface area is 95.9 Å². The molecule has 1 aliphatic rings. The van der Waals surface area contributed by atoms with Crippen LogP contribution >= 0.6 is 0 Å². The van der Waals surface area contributed by atoms with E-state index in [1.165, 1.54) is 12.8 Å². The predicted octanol–water partition coefficient (Wildman–Crippen LogP) is 1.12. The maximum absolute atomic E-state index is 5.44. The molecule has 1 saturated carbocycles. The van der Waals surface area contributed by atoms with Crippen LogP contribution in [0.5, 0.6) is 0 Å². The predicted molar refractivity (Wildman–Crippen MR) is 65.6 cm³/mol. The number of anilines is 2. The number of aromatic nitrogens is 2. The Balaban J connectivity index is 1.96. The zero-order valence-electron chi connectivity index (χ0n) is 9.66. The van der Waals surface area contributed by atoms with Crippen LogP contribution in [-0.2, 0) is 0 Å². The summed E-state index contributed by atoms with van der Waals surface area (Å²) < 4.78 is 0. The van der Waals surface area contributed by atoms with Crippen molar-refractivity contribution in [2.24, 2.45) is 5.73 Å². The molecule has 1 fully saturated rings. The van der Waals surface area contributed by atoms with Crippen LogP contribution < -0.4 is 16.4 Å². The van der Waals surface area contributed by atoms with E-state index in [0.29, 0.717) is 12.6 Å². The molecular weight excluding hydrogens is 202 g/mol. The molecule has 0 bridgehead atoms. The van der Waals surface area contributed by atoms with Gasteiger partial charge in [0, 0.05) is 18.7 Å². The highest BCUT2D eigenvalue weighted by molar-refractivity contribution is 5.48. The molecule has 0 spiro atoms. The fourth-order valence-corrected chi connectivity index (χ4v) is 1.49. The molecule has 0 atom stereocenters. The summed E-state index contributed by atoms with van der Waals surface area (Å²) in [5.41, 5.74) is 5.44. The number of nitrogens with one attached hydrogen (secondary N) is 2. The first-order valence-electron chi connectivity index (χ1n) is 5.84. The van der Waals surface area contributed by atoms with Gasteiger partial charge in [-0.25, -0.2) is 9.97 Å². The summed E-state index contributed by atoms with van der Waals surface area (Å²) in [6.45, 7) is 3.46. The lowest BCUT2D eigenvalue weighted by atomic mass is 10.4. The number of aryl methyl sites for hydroxylation is 1. The third kappa shape index (κ3) is 3.34. The van der Waals surface area contributed by atoms with Crippen LogP contribution in [0.2, 0.25) is 0 Å². The van der Waals surface area contributed by atoms with Crippen LogP contribution in [0.3, 0.4) is 0 Å². The van der Waals surface area contributed by atoms with E-state index in [0.717, 1.165) is 30.4 Å². The summed E-state index contributed by atoms with van der Waals surface area (Å²) >= 11 is 0. The molecule has 5 nitrogen and oxygen atoms in total. The average Bonchev–Trinajstić information content (AvgIpc) is 3.01. The van der Waals surface area contributed by atoms with Gasteiger partial charge in [-0.1, -0.05) is 0 Å². The fourth-order valence-electron chi connectivity index (χ4n) is 1.49. The van der Waals surface area contributed by atoms with Gasteiger partial charge in [0.15, 0.2) is 0 Å². The Kier molecular flexibility index (Phi) is 3.56. The zero-order valence-corrected chi connectivity index (χ0v) is 9.66. The van der Waals surface area contributed by atoms with Gasteiger partial charge in [-0.15, -0.1) is 0 Å². The first-order valence-corrected chi connectivity index (χ1v) is 5.84. The van der Waals surface area contributed by atoms with E-state index >= 15 is 0 Å². The van der Waals surface area contributed by atoms with Gasteiger partial charge in [0.1, 0.15) is 17.5 Å². The van der Waals surface area contributed by atoms with Gasteiger partial charge in [0.05, 0.1) is 0 Å². The smallest absolute Gasteiger partial charge is 0.132 e. The lowest BCUT2D eigenvalue weighted by Crippen LogP contribution is -2.11. The number of rotatable bonds is 6. The minimum Gasteiger partial charge on any atom is -0.370 e. The summed E-state index contributed by atoms with van der Waals surface area (Å²) in [5.74, 6) is 2.59. The second-order valence-corrected chi connectivity index (χ2v) is 4.17. The van der Waals surface area contributed by atoms with Crippen molar-refractivity contribution in [1.82, 2.24) is 9.97 Å². The molecule has 5 heteroatoms. The highest BCUT2D eigenvalue weighted by atomic mass is 15.1. The van der Waals surface area contributed by atoms with Gasteiger partial charge in [0.2, 0.25) is 0 Å².